The van der Waals surface area contributed by atoms with Crippen LogP contribution in [0.1, 0.15) is 5.56 Å². The van der Waals surface area contributed by atoms with Crippen molar-refractivity contribution in [3.8, 4) is 17.0 Å². The molecule has 0 saturated heterocycles. The first-order valence-electron chi connectivity index (χ1n) is 6.28. The molecule has 0 amide bonds. The average Bonchev–Trinajstić information content (AvgIpc) is 2.47. The third-order valence-corrected chi connectivity index (χ3v) is 3.29. The third-order valence-electron chi connectivity index (χ3n) is 3.29. The summed E-state index contributed by atoms with van der Waals surface area (Å²) in [5.41, 5.74) is 3.37. The van der Waals surface area contributed by atoms with E-state index in [4.69, 9.17) is 4.74 Å². The van der Waals surface area contributed by atoms with Gasteiger partial charge in [0, 0.05) is 17.1 Å². The van der Waals surface area contributed by atoms with Gasteiger partial charge in [-0.3, -0.25) is 4.98 Å². The van der Waals surface area contributed by atoms with E-state index in [2.05, 4.69) is 30.1 Å². The maximum absolute atomic E-state index is 5.19. The molecule has 3 aromatic rings. The lowest BCUT2D eigenvalue weighted by Gasteiger charge is -2.07. The summed E-state index contributed by atoms with van der Waals surface area (Å²) < 4.78 is 5.19. The fourth-order valence-electron chi connectivity index (χ4n) is 2.26. The minimum atomic E-state index is 0.861. The van der Waals surface area contributed by atoms with Crippen molar-refractivity contribution in [1.29, 1.82) is 0 Å². The van der Waals surface area contributed by atoms with Gasteiger partial charge >= 0.3 is 0 Å². The molecule has 1 aromatic heterocycles. The average molecular weight is 249 g/mol. The fourth-order valence-corrected chi connectivity index (χ4v) is 2.26. The van der Waals surface area contributed by atoms with E-state index in [1.807, 2.05) is 36.5 Å². The molecular weight excluding hydrogens is 234 g/mol. The molecule has 2 heteroatoms. The van der Waals surface area contributed by atoms with Gasteiger partial charge in [0.2, 0.25) is 0 Å². The summed E-state index contributed by atoms with van der Waals surface area (Å²) in [5, 5.41) is 2.40. The van der Waals surface area contributed by atoms with Gasteiger partial charge in [-0.25, -0.2) is 0 Å². The van der Waals surface area contributed by atoms with Gasteiger partial charge in [0.25, 0.3) is 0 Å². The van der Waals surface area contributed by atoms with Crippen LogP contribution in [0.5, 0.6) is 5.75 Å². The molecule has 3 rings (SSSR count). The lowest BCUT2D eigenvalue weighted by atomic mass is 10.0. The van der Waals surface area contributed by atoms with Crippen LogP contribution in [0.15, 0.2) is 54.7 Å². The van der Waals surface area contributed by atoms with Crippen molar-refractivity contribution in [3.63, 3.8) is 0 Å². The van der Waals surface area contributed by atoms with Crippen LogP contribution >= 0.6 is 0 Å². The Bertz CT molecular complexity index is 717. The van der Waals surface area contributed by atoms with Crippen LogP contribution in [-0.2, 0) is 0 Å². The molecule has 0 aliphatic heterocycles. The summed E-state index contributed by atoms with van der Waals surface area (Å²) in [7, 11) is 1.68. The number of nitrogens with zero attached hydrogens (tertiary/aromatic N) is 1. The highest BCUT2D eigenvalue weighted by Gasteiger charge is 2.05. The van der Waals surface area contributed by atoms with Crippen LogP contribution in [0.4, 0.5) is 0 Å². The monoisotopic (exact) mass is 249 g/mol. The minimum absolute atomic E-state index is 0.861. The number of aromatic nitrogens is 1. The smallest absolute Gasteiger partial charge is 0.118 e. The van der Waals surface area contributed by atoms with Crippen LogP contribution < -0.4 is 4.74 Å². The van der Waals surface area contributed by atoms with E-state index in [1.54, 1.807) is 7.11 Å². The molecule has 0 aliphatic rings. The quantitative estimate of drug-likeness (QED) is 0.678. The van der Waals surface area contributed by atoms with E-state index in [1.165, 1.54) is 16.3 Å². The van der Waals surface area contributed by atoms with E-state index in [-0.39, 0.29) is 0 Å². The summed E-state index contributed by atoms with van der Waals surface area (Å²) in [6, 6.07) is 16.5. The molecule has 1 heterocycles. The van der Waals surface area contributed by atoms with Crippen molar-refractivity contribution in [3.05, 3.63) is 60.3 Å². The van der Waals surface area contributed by atoms with Gasteiger partial charge in [-0.05, 0) is 48.7 Å². The highest BCUT2D eigenvalue weighted by atomic mass is 16.5. The molecule has 0 radical (unpaired) electrons. The molecular formula is C17H15NO. The standard InChI is InChI=1S/C17H15NO/c1-12-3-4-13-9-10-18-17(16(13)11-12)14-5-7-15(19-2)8-6-14/h3-11H,1-2H3. The van der Waals surface area contributed by atoms with Crippen molar-refractivity contribution >= 4 is 10.8 Å². The normalized spacial score (nSPS) is 10.6. The van der Waals surface area contributed by atoms with Gasteiger partial charge in [0.05, 0.1) is 12.8 Å². The van der Waals surface area contributed by atoms with Crippen LogP contribution in [0.2, 0.25) is 0 Å². The number of hydrogen-bond acceptors (Lipinski definition) is 2. The number of methoxy groups -OCH3 is 1. The van der Waals surface area contributed by atoms with Crippen LogP contribution in [0.25, 0.3) is 22.0 Å². The Morgan fingerprint density at radius 2 is 1.74 bits per heavy atom. The van der Waals surface area contributed by atoms with Crippen LogP contribution in [-0.4, -0.2) is 12.1 Å². The molecule has 2 aromatic carbocycles. The molecule has 19 heavy (non-hydrogen) atoms. The number of aryl methyl sites for hydroxylation is 1. The fraction of sp³-hybridized carbons (Fsp3) is 0.118. The summed E-state index contributed by atoms with van der Waals surface area (Å²) in [5.74, 6) is 0.861. The van der Waals surface area contributed by atoms with E-state index in [0.717, 1.165) is 17.0 Å². The molecule has 0 aliphatic carbocycles. The second kappa shape index (κ2) is 4.73. The number of fused-ring (bicyclic) bond motifs is 1. The largest absolute Gasteiger partial charge is 0.497 e. The Morgan fingerprint density at radius 3 is 2.47 bits per heavy atom. The van der Waals surface area contributed by atoms with Crippen molar-refractivity contribution in [2.24, 2.45) is 0 Å². The van der Waals surface area contributed by atoms with Crippen LogP contribution in [0, 0.1) is 6.92 Å². The lowest BCUT2D eigenvalue weighted by molar-refractivity contribution is 0.415. The first-order valence-corrected chi connectivity index (χ1v) is 6.28. The Balaban J connectivity index is 2.20. The molecule has 94 valence electrons. The van der Waals surface area contributed by atoms with Crippen molar-refractivity contribution < 1.29 is 4.74 Å². The summed E-state index contributed by atoms with van der Waals surface area (Å²) >= 11 is 0. The Morgan fingerprint density at radius 1 is 0.947 bits per heavy atom. The van der Waals surface area contributed by atoms with E-state index >= 15 is 0 Å². The Kier molecular flexibility index (Phi) is 2.92. The number of rotatable bonds is 2. The van der Waals surface area contributed by atoms with Crippen molar-refractivity contribution in [1.82, 2.24) is 4.98 Å². The number of pyridine rings is 1. The van der Waals surface area contributed by atoms with Gasteiger partial charge in [-0.2, -0.15) is 0 Å². The summed E-state index contributed by atoms with van der Waals surface area (Å²) in [6.07, 6.45) is 1.86. The summed E-state index contributed by atoms with van der Waals surface area (Å²) in [6.45, 7) is 2.10. The highest BCUT2D eigenvalue weighted by molar-refractivity contribution is 5.94. The predicted octanol–water partition coefficient (Wildman–Crippen LogP) is 4.22. The van der Waals surface area contributed by atoms with Crippen molar-refractivity contribution in [2.45, 2.75) is 6.92 Å². The molecule has 0 N–H and O–H groups in total. The highest BCUT2D eigenvalue weighted by Crippen LogP contribution is 2.28. The maximum atomic E-state index is 5.19. The topological polar surface area (TPSA) is 22.1 Å². The van der Waals surface area contributed by atoms with Gasteiger partial charge in [-0.15, -0.1) is 0 Å². The molecule has 0 fully saturated rings. The lowest BCUT2D eigenvalue weighted by Crippen LogP contribution is -1.87. The number of ether oxygens (including phenoxy) is 1. The van der Waals surface area contributed by atoms with Gasteiger partial charge in [0.15, 0.2) is 0 Å². The van der Waals surface area contributed by atoms with E-state index in [0.29, 0.717) is 0 Å². The molecule has 2 nitrogen and oxygen atoms in total. The first kappa shape index (κ1) is 11.7. The minimum Gasteiger partial charge on any atom is -0.497 e. The van der Waals surface area contributed by atoms with Gasteiger partial charge in [-0.1, -0.05) is 17.7 Å². The zero-order valence-electron chi connectivity index (χ0n) is 11.1. The Hall–Kier alpha value is -2.35. The maximum Gasteiger partial charge on any atom is 0.118 e. The predicted molar refractivity (Wildman–Crippen MR) is 78.5 cm³/mol. The first-order chi connectivity index (χ1) is 9.28. The molecule has 0 spiro atoms. The third kappa shape index (κ3) is 2.17. The van der Waals surface area contributed by atoms with Crippen molar-refractivity contribution in [2.75, 3.05) is 7.11 Å². The van der Waals surface area contributed by atoms with Gasteiger partial charge < -0.3 is 4.74 Å². The van der Waals surface area contributed by atoms with Crippen LogP contribution in [0.3, 0.4) is 0 Å². The van der Waals surface area contributed by atoms with Gasteiger partial charge in [0.1, 0.15) is 5.75 Å². The zero-order valence-corrected chi connectivity index (χ0v) is 11.1. The van der Waals surface area contributed by atoms with E-state index in [9.17, 15) is 0 Å². The zero-order chi connectivity index (χ0) is 13.2. The molecule has 0 unspecified atom stereocenters. The number of benzene rings is 2. The molecule has 0 bridgehead atoms. The second-order valence-electron chi connectivity index (χ2n) is 4.61. The SMILES string of the molecule is COc1ccc(-c2nccc3ccc(C)cc23)cc1. The Labute approximate surface area is 112 Å². The number of hydrogen-bond donors (Lipinski definition) is 0. The molecule has 0 atom stereocenters. The second-order valence-corrected chi connectivity index (χ2v) is 4.61. The molecule has 0 saturated carbocycles. The summed E-state index contributed by atoms with van der Waals surface area (Å²) in [4.78, 5) is 4.53. The van der Waals surface area contributed by atoms with E-state index < -0.39 is 0 Å².